The summed E-state index contributed by atoms with van der Waals surface area (Å²) in [5, 5.41) is 2.59. The van der Waals surface area contributed by atoms with E-state index in [0.717, 1.165) is 44.0 Å². The molecule has 1 N–H and O–H groups in total. The van der Waals surface area contributed by atoms with Crippen LogP contribution in [0.25, 0.3) is 0 Å². The van der Waals surface area contributed by atoms with Crippen molar-refractivity contribution >= 4 is 11.9 Å². The van der Waals surface area contributed by atoms with Gasteiger partial charge in [0.2, 0.25) is 5.95 Å². The SMILES string of the molecule is CNC(=O)c1cc(C[C@H]2CCCN(c3ncccn3)C2)ncn1. The first-order valence-electron chi connectivity index (χ1n) is 7.81. The molecule has 23 heavy (non-hydrogen) atoms. The Balaban J connectivity index is 1.67. The van der Waals surface area contributed by atoms with Crippen LogP contribution in [0.1, 0.15) is 29.0 Å². The van der Waals surface area contributed by atoms with Gasteiger partial charge in [0.1, 0.15) is 12.0 Å². The molecule has 1 aliphatic heterocycles. The van der Waals surface area contributed by atoms with Crippen LogP contribution < -0.4 is 10.2 Å². The van der Waals surface area contributed by atoms with Crippen molar-refractivity contribution in [2.24, 2.45) is 5.92 Å². The number of aromatic nitrogens is 4. The molecule has 0 saturated carbocycles. The highest BCUT2D eigenvalue weighted by molar-refractivity contribution is 5.91. The van der Waals surface area contributed by atoms with E-state index in [1.807, 2.05) is 6.07 Å². The van der Waals surface area contributed by atoms with Crippen LogP contribution in [-0.4, -0.2) is 46.0 Å². The van der Waals surface area contributed by atoms with Gasteiger partial charge in [-0.25, -0.2) is 19.9 Å². The molecule has 0 aliphatic carbocycles. The zero-order valence-corrected chi connectivity index (χ0v) is 13.1. The van der Waals surface area contributed by atoms with Crippen LogP contribution in [-0.2, 0) is 6.42 Å². The second-order valence-corrected chi connectivity index (χ2v) is 5.68. The number of piperidine rings is 1. The maximum absolute atomic E-state index is 11.7. The van der Waals surface area contributed by atoms with Crippen molar-refractivity contribution in [3.63, 3.8) is 0 Å². The van der Waals surface area contributed by atoms with Crippen molar-refractivity contribution in [1.29, 1.82) is 0 Å². The second kappa shape index (κ2) is 7.13. The maximum atomic E-state index is 11.7. The van der Waals surface area contributed by atoms with Crippen molar-refractivity contribution < 1.29 is 4.79 Å². The van der Waals surface area contributed by atoms with Crippen LogP contribution in [0.2, 0.25) is 0 Å². The van der Waals surface area contributed by atoms with Crippen LogP contribution in [0.3, 0.4) is 0 Å². The van der Waals surface area contributed by atoms with Gasteiger partial charge in [0.05, 0.1) is 0 Å². The smallest absolute Gasteiger partial charge is 0.269 e. The van der Waals surface area contributed by atoms with Crippen molar-refractivity contribution in [3.8, 4) is 0 Å². The summed E-state index contributed by atoms with van der Waals surface area (Å²) in [7, 11) is 1.60. The number of rotatable bonds is 4. The first-order chi connectivity index (χ1) is 11.3. The standard InChI is InChI=1S/C16H20N6O/c1-17-15(23)14-9-13(20-11-21-14)8-12-4-2-7-22(10-12)16-18-5-3-6-19-16/h3,5-6,9,11-12H,2,4,7-8,10H2,1H3,(H,17,23)/t12-/m1/s1. The largest absolute Gasteiger partial charge is 0.354 e. The van der Waals surface area contributed by atoms with E-state index in [0.29, 0.717) is 11.6 Å². The monoisotopic (exact) mass is 312 g/mol. The molecular weight excluding hydrogens is 292 g/mol. The lowest BCUT2D eigenvalue weighted by atomic mass is 9.93. The molecule has 1 aliphatic rings. The number of nitrogens with zero attached hydrogens (tertiary/aromatic N) is 5. The van der Waals surface area contributed by atoms with E-state index >= 15 is 0 Å². The predicted octanol–water partition coefficient (Wildman–Crippen LogP) is 1.09. The lowest BCUT2D eigenvalue weighted by molar-refractivity contribution is 0.0958. The zero-order valence-electron chi connectivity index (χ0n) is 13.1. The van der Waals surface area contributed by atoms with Gasteiger partial charge in [0.15, 0.2) is 0 Å². The molecule has 3 heterocycles. The van der Waals surface area contributed by atoms with Crippen LogP contribution in [0.15, 0.2) is 30.9 Å². The molecule has 0 spiro atoms. The van der Waals surface area contributed by atoms with E-state index < -0.39 is 0 Å². The summed E-state index contributed by atoms with van der Waals surface area (Å²) in [5.41, 5.74) is 1.32. The van der Waals surface area contributed by atoms with Gasteiger partial charge in [-0.1, -0.05) is 0 Å². The molecular formula is C16H20N6O. The van der Waals surface area contributed by atoms with E-state index in [2.05, 4.69) is 30.2 Å². The number of anilines is 1. The summed E-state index contributed by atoms with van der Waals surface area (Å²) in [6.07, 6.45) is 8.08. The quantitative estimate of drug-likeness (QED) is 0.909. The number of hydrogen-bond donors (Lipinski definition) is 1. The zero-order chi connectivity index (χ0) is 16.1. The van der Waals surface area contributed by atoms with Crippen molar-refractivity contribution in [2.45, 2.75) is 19.3 Å². The molecule has 1 amide bonds. The molecule has 1 atom stereocenters. The van der Waals surface area contributed by atoms with Crippen LogP contribution in [0, 0.1) is 5.92 Å². The molecule has 120 valence electrons. The summed E-state index contributed by atoms with van der Waals surface area (Å²) >= 11 is 0. The summed E-state index contributed by atoms with van der Waals surface area (Å²) < 4.78 is 0. The van der Waals surface area contributed by atoms with Crippen LogP contribution in [0.5, 0.6) is 0 Å². The Labute approximate surface area is 135 Å². The fourth-order valence-electron chi connectivity index (χ4n) is 2.93. The van der Waals surface area contributed by atoms with E-state index in [9.17, 15) is 4.79 Å². The topological polar surface area (TPSA) is 83.9 Å². The van der Waals surface area contributed by atoms with Crippen LogP contribution >= 0.6 is 0 Å². The van der Waals surface area contributed by atoms with E-state index in [1.54, 1.807) is 25.5 Å². The minimum Gasteiger partial charge on any atom is -0.354 e. The molecule has 2 aromatic heterocycles. The first-order valence-corrected chi connectivity index (χ1v) is 7.81. The molecule has 2 aromatic rings. The highest BCUT2D eigenvalue weighted by atomic mass is 16.1. The Hall–Kier alpha value is -2.57. The third-order valence-corrected chi connectivity index (χ3v) is 4.04. The van der Waals surface area contributed by atoms with E-state index in [-0.39, 0.29) is 5.91 Å². The Morgan fingerprint density at radius 2 is 2.13 bits per heavy atom. The molecule has 1 saturated heterocycles. The number of amides is 1. The Morgan fingerprint density at radius 3 is 2.91 bits per heavy atom. The van der Waals surface area contributed by atoms with Gasteiger partial charge in [0, 0.05) is 38.2 Å². The Kier molecular flexibility index (Phi) is 4.75. The lowest BCUT2D eigenvalue weighted by Crippen LogP contribution is -2.37. The van der Waals surface area contributed by atoms with Gasteiger partial charge in [0.25, 0.3) is 5.91 Å². The molecule has 7 heteroatoms. The molecule has 0 bridgehead atoms. The fourth-order valence-corrected chi connectivity index (χ4v) is 2.93. The number of carbonyl (C=O) groups excluding carboxylic acids is 1. The predicted molar refractivity (Wildman–Crippen MR) is 86.1 cm³/mol. The summed E-state index contributed by atoms with van der Waals surface area (Å²) in [6.45, 7) is 1.89. The average Bonchev–Trinajstić information content (AvgIpc) is 2.62. The molecule has 3 rings (SSSR count). The Morgan fingerprint density at radius 1 is 1.30 bits per heavy atom. The summed E-state index contributed by atoms with van der Waals surface area (Å²) in [4.78, 5) is 30.9. The summed E-state index contributed by atoms with van der Waals surface area (Å²) in [5.74, 6) is 1.07. The molecule has 7 nitrogen and oxygen atoms in total. The van der Waals surface area contributed by atoms with Gasteiger partial charge in [-0.05, 0) is 37.3 Å². The van der Waals surface area contributed by atoms with Crippen LogP contribution in [0.4, 0.5) is 5.95 Å². The van der Waals surface area contributed by atoms with Gasteiger partial charge < -0.3 is 10.2 Å². The van der Waals surface area contributed by atoms with E-state index in [4.69, 9.17) is 0 Å². The maximum Gasteiger partial charge on any atom is 0.269 e. The van der Waals surface area contributed by atoms with Crippen molar-refractivity contribution in [2.75, 3.05) is 25.0 Å². The number of hydrogen-bond acceptors (Lipinski definition) is 6. The third-order valence-electron chi connectivity index (χ3n) is 4.04. The highest BCUT2D eigenvalue weighted by Crippen LogP contribution is 2.22. The van der Waals surface area contributed by atoms with Gasteiger partial charge in [-0.3, -0.25) is 4.79 Å². The highest BCUT2D eigenvalue weighted by Gasteiger charge is 2.22. The summed E-state index contributed by atoms with van der Waals surface area (Å²) in [6, 6.07) is 3.60. The average molecular weight is 312 g/mol. The lowest BCUT2D eigenvalue weighted by Gasteiger charge is -2.32. The molecule has 1 fully saturated rings. The van der Waals surface area contributed by atoms with E-state index in [1.165, 1.54) is 6.33 Å². The normalized spacial score (nSPS) is 17.8. The van der Waals surface area contributed by atoms with Gasteiger partial charge in [-0.15, -0.1) is 0 Å². The second-order valence-electron chi connectivity index (χ2n) is 5.68. The molecule has 0 aromatic carbocycles. The minimum atomic E-state index is -0.184. The first kappa shape index (κ1) is 15.3. The molecule has 0 radical (unpaired) electrons. The fraction of sp³-hybridized carbons (Fsp3) is 0.438. The number of nitrogens with one attached hydrogen (secondary N) is 1. The van der Waals surface area contributed by atoms with Crippen molar-refractivity contribution in [1.82, 2.24) is 25.3 Å². The minimum absolute atomic E-state index is 0.184. The third kappa shape index (κ3) is 3.80. The van der Waals surface area contributed by atoms with Gasteiger partial charge in [-0.2, -0.15) is 0 Å². The molecule has 0 unspecified atom stereocenters. The Bertz CT molecular complexity index is 663. The van der Waals surface area contributed by atoms with Crippen molar-refractivity contribution in [3.05, 3.63) is 42.2 Å². The van der Waals surface area contributed by atoms with Gasteiger partial charge >= 0.3 is 0 Å². The number of carbonyl (C=O) groups is 1.